The molecule has 1 rings (SSSR count). The number of hydrogen-bond donors (Lipinski definition) is 1. The molecule has 0 radical (unpaired) electrons. The summed E-state index contributed by atoms with van der Waals surface area (Å²) in [5, 5.41) is 11.6. The van der Waals surface area contributed by atoms with E-state index in [1.165, 1.54) is 0 Å². The monoisotopic (exact) mass is 227 g/mol. The van der Waals surface area contributed by atoms with Crippen LogP contribution in [0.25, 0.3) is 0 Å². The minimum Gasteiger partial charge on any atom is -0.370 e. The molecule has 92 valence electrons. The van der Waals surface area contributed by atoms with E-state index < -0.39 is 0 Å². The molecule has 1 aromatic rings. The maximum Gasteiger partial charge on any atom is 0.180 e. The third kappa shape index (κ3) is 2.99. The first-order valence-corrected chi connectivity index (χ1v) is 5.58. The van der Waals surface area contributed by atoms with Crippen molar-refractivity contribution in [1.29, 1.82) is 0 Å². The summed E-state index contributed by atoms with van der Waals surface area (Å²) in [6, 6.07) is 0. The van der Waals surface area contributed by atoms with Crippen molar-refractivity contribution >= 4 is 0 Å². The Morgan fingerprint density at radius 3 is 2.62 bits per heavy atom. The molecule has 16 heavy (non-hydrogen) atoms. The molecule has 2 N–H and O–H groups in total. The van der Waals surface area contributed by atoms with Crippen LogP contribution in [0.4, 0.5) is 0 Å². The zero-order valence-electron chi connectivity index (χ0n) is 10.5. The van der Waals surface area contributed by atoms with Gasteiger partial charge in [0.05, 0.1) is 6.54 Å². The van der Waals surface area contributed by atoms with Crippen LogP contribution in [0.1, 0.15) is 39.6 Å². The van der Waals surface area contributed by atoms with Crippen LogP contribution >= 0.6 is 0 Å². The minimum absolute atomic E-state index is 0.0446. The molecule has 6 heteroatoms. The zero-order chi connectivity index (χ0) is 12.2. The van der Waals surface area contributed by atoms with Gasteiger partial charge in [0.1, 0.15) is 6.10 Å². The molecule has 1 heterocycles. The molecule has 0 aliphatic carbocycles. The highest BCUT2D eigenvalue weighted by molar-refractivity contribution is 4.94. The molecule has 0 aromatic carbocycles. The highest BCUT2D eigenvalue weighted by Crippen LogP contribution is 2.34. The van der Waals surface area contributed by atoms with Gasteiger partial charge in [0.25, 0.3) is 0 Å². The summed E-state index contributed by atoms with van der Waals surface area (Å²) >= 11 is 0. The molecule has 0 aliphatic rings. The van der Waals surface area contributed by atoms with E-state index >= 15 is 0 Å². The smallest absolute Gasteiger partial charge is 0.180 e. The van der Waals surface area contributed by atoms with E-state index in [-0.39, 0.29) is 11.5 Å². The predicted octanol–water partition coefficient (Wildman–Crippen LogP) is 0.755. The van der Waals surface area contributed by atoms with Gasteiger partial charge in [-0.1, -0.05) is 20.8 Å². The van der Waals surface area contributed by atoms with E-state index in [0.717, 1.165) is 5.82 Å². The Kier molecular flexibility index (Phi) is 4.37. The van der Waals surface area contributed by atoms with Crippen LogP contribution in [-0.2, 0) is 11.3 Å². The van der Waals surface area contributed by atoms with Crippen molar-refractivity contribution < 1.29 is 4.74 Å². The number of aromatic nitrogens is 4. The molecule has 1 unspecified atom stereocenters. The molecule has 0 saturated carbocycles. The van der Waals surface area contributed by atoms with Gasteiger partial charge in [-0.25, -0.2) is 4.68 Å². The first kappa shape index (κ1) is 13.1. The van der Waals surface area contributed by atoms with Crippen LogP contribution in [0.15, 0.2) is 0 Å². The van der Waals surface area contributed by atoms with Crippen molar-refractivity contribution in [1.82, 2.24) is 20.2 Å². The maximum absolute atomic E-state index is 5.73. The number of nitrogens with zero attached hydrogens (tertiary/aromatic N) is 4. The lowest BCUT2D eigenvalue weighted by Gasteiger charge is -2.29. The fourth-order valence-corrected chi connectivity index (χ4v) is 1.56. The lowest BCUT2D eigenvalue weighted by atomic mass is 9.88. The van der Waals surface area contributed by atoms with Crippen LogP contribution in [0.3, 0.4) is 0 Å². The fraction of sp³-hybridized carbons (Fsp3) is 0.900. The molecule has 0 fully saturated rings. The Hall–Kier alpha value is -1.01. The Morgan fingerprint density at radius 1 is 1.44 bits per heavy atom. The second-order valence-electron chi connectivity index (χ2n) is 4.75. The lowest BCUT2D eigenvalue weighted by molar-refractivity contribution is -0.0219. The van der Waals surface area contributed by atoms with Gasteiger partial charge in [-0.3, -0.25) is 0 Å². The number of nitrogens with two attached hydrogens (primary N) is 1. The van der Waals surface area contributed by atoms with Crippen LogP contribution in [0.2, 0.25) is 0 Å². The molecule has 0 saturated heterocycles. The van der Waals surface area contributed by atoms with Crippen molar-refractivity contribution in [3.05, 3.63) is 5.82 Å². The number of tetrazole rings is 1. The zero-order valence-corrected chi connectivity index (χ0v) is 10.5. The van der Waals surface area contributed by atoms with Crippen molar-refractivity contribution in [2.75, 3.05) is 13.2 Å². The number of ether oxygens (including phenoxy) is 1. The van der Waals surface area contributed by atoms with Gasteiger partial charge in [-0.15, -0.1) is 5.10 Å². The van der Waals surface area contributed by atoms with Gasteiger partial charge in [-0.2, -0.15) is 0 Å². The van der Waals surface area contributed by atoms with E-state index in [4.69, 9.17) is 10.5 Å². The van der Waals surface area contributed by atoms with E-state index in [1.807, 2.05) is 6.92 Å². The summed E-state index contributed by atoms with van der Waals surface area (Å²) in [4.78, 5) is 0. The average molecular weight is 227 g/mol. The molecular weight excluding hydrogens is 206 g/mol. The van der Waals surface area contributed by atoms with Gasteiger partial charge in [0, 0.05) is 13.2 Å². The summed E-state index contributed by atoms with van der Waals surface area (Å²) in [7, 11) is 0. The highest BCUT2D eigenvalue weighted by atomic mass is 16.5. The molecule has 0 bridgehead atoms. The largest absolute Gasteiger partial charge is 0.370 e. The van der Waals surface area contributed by atoms with Gasteiger partial charge in [0.15, 0.2) is 5.82 Å². The quantitative estimate of drug-likeness (QED) is 0.803. The van der Waals surface area contributed by atoms with E-state index in [0.29, 0.717) is 19.7 Å². The summed E-state index contributed by atoms with van der Waals surface area (Å²) in [6.45, 7) is 10.1. The van der Waals surface area contributed by atoms with Crippen LogP contribution in [-0.4, -0.2) is 33.4 Å². The average Bonchev–Trinajstić information content (AvgIpc) is 2.61. The van der Waals surface area contributed by atoms with E-state index in [9.17, 15) is 0 Å². The molecule has 0 aliphatic heterocycles. The predicted molar refractivity (Wildman–Crippen MR) is 60.7 cm³/mol. The van der Waals surface area contributed by atoms with Gasteiger partial charge >= 0.3 is 0 Å². The number of hydrogen-bond acceptors (Lipinski definition) is 5. The van der Waals surface area contributed by atoms with Crippen molar-refractivity contribution in [2.24, 2.45) is 11.1 Å². The molecule has 6 nitrogen and oxygen atoms in total. The van der Waals surface area contributed by atoms with Crippen LogP contribution in [0, 0.1) is 5.41 Å². The third-order valence-electron chi connectivity index (χ3n) is 2.25. The number of rotatable bonds is 5. The van der Waals surface area contributed by atoms with Gasteiger partial charge < -0.3 is 10.5 Å². The molecule has 0 amide bonds. The SMILES string of the molecule is CCOC(c1nnnn1CCN)C(C)(C)C. The summed E-state index contributed by atoms with van der Waals surface area (Å²) in [6.07, 6.45) is -0.112. The van der Waals surface area contributed by atoms with Crippen LogP contribution < -0.4 is 5.73 Å². The highest BCUT2D eigenvalue weighted by Gasteiger charge is 2.31. The second kappa shape index (κ2) is 5.36. The first-order chi connectivity index (χ1) is 7.50. The molecule has 0 spiro atoms. The Morgan fingerprint density at radius 2 is 2.12 bits per heavy atom. The minimum atomic E-state index is -0.112. The normalized spacial score (nSPS) is 14.1. The van der Waals surface area contributed by atoms with Gasteiger partial charge in [-0.05, 0) is 22.8 Å². The lowest BCUT2D eigenvalue weighted by Crippen LogP contribution is -2.26. The Bertz CT molecular complexity index is 317. The van der Waals surface area contributed by atoms with E-state index in [2.05, 4.69) is 36.3 Å². The van der Waals surface area contributed by atoms with Crippen molar-refractivity contribution in [3.63, 3.8) is 0 Å². The maximum atomic E-state index is 5.73. The molecule has 1 atom stereocenters. The van der Waals surface area contributed by atoms with Crippen LogP contribution in [0.5, 0.6) is 0 Å². The summed E-state index contributed by atoms with van der Waals surface area (Å²) in [5.74, 6) is 0.750. The fourth-order valence-electron chi connectivity index (χ4n) is 1.56. The van der Waals surface area contributed by atoms with Crippen molar-refractivity contribution in [3.8, 4) is 0 Å². The standard InChI is InChI=1S/C10H21N5O/c1-5-16-8(10(2,3)4)9-12-13-14-15(9)7-6-11/h8H,5-7,11H2,1-4H3. The Balaban J connectivity index is 2.96. The summed E-state index contributed by atoms with van der Waals surface area (Å²) < 4.78 is 7.45. The van der Waals surface area contributed by atoms with Gasteiger partial charge in [0.2, 0.25) is 0 Å². The molecular formula is C10H21N5O. The third-order valence-corrected chi connectivity index (χ3v) is 2.25. The summed E-state index contributed by atoms with van der Waals surface area (Å²) in [5.41, 5.74) is 5.47. The topological polar surface area (TPSA) is 78.9 Å². The van der Waals surface area contributed by atoms with E-state index in [1.54, 1.807) is 4.68 Å². The van der Waals surface area contributed by atoms with Crippen molar-refractivity contribution in [2.45, 2.75) is 40.3 Å². The second-order valence-corrected chi connectivity index (χ2v) is 4.75. The first-order valence-electron chi connectivity index (χ1n) is 5.58. The molecule has 1 aromatic heterocycles. The Labute approximate surface area is 96.2 Å².